The van der Waals surface area contributed by atoms with Crippen molar-refractivity contribution in [3.05, 3.63) is 33.5 Å². The van der Waals surface area contributed by atoms with Gasteiger partial charge in [-0.2, -0.15) is 4.98 Å². The predicted molar refractivity (Wildman–Crippen MR) is 112 cm³/mol. The molecule has 1 heterocycles. The Labute approximate surface area is 165 Å². The highest BCUT2D eigenvalue weighted by Crippen LogP contribution is 2.23. The number of aromatic nitrogens is 2. The number of carbonyl (C=O) groups is 1. The van der Waals surface area contributed by atoms with Crippen LogP contribution in [0.25, 0.3) is 0 Å². The standard InChI is InChI=1S/C17H21IN6O2/c1-3-7-20-15-13(18)10-21-16(24-15)22-12-6-5-11(9-19)14(8-12)23-17(25)26-4-2/h5-6,8-10,19H,3-4,7H2,1-2H3,(H,23,25)(H2,20,21,22,24). The summed E-state index contributed by atoms with van der Waals surface area (Å²) in [5, 5.41) is 16.5. The van der Waals surface area contributed by atoms with Crippen LogP contribution in [0.5, 0.6) is 0 Å². The Morgan fingerprint density at radius 2 is 2.19 bits per heavy atom. The maximum absolute atomic E-state index is 11.7. The van der Waals surface area contributed by atoms with Gasteiger partial charge in [0.2, 0.25) is 5.95 Å². The molecule has 0 saturated heterocycles. The molecular weight excluding hydrogens is 447 g/mol. The van der Waals surface area contributed by atoms with Gasteiger partial charge in [0.1, 0.15) is 5.82 Å². The lowest BCUT2D eigenvalue weighted by atomic mass is 10.1. The molecule has 0 aliphatic heterocycles. The zero-order chi connectivity index (χ0) is 18.9. The van der Waals surface area contributed by atoms with Gasteiger partial charge < -0.3 is 20.8 Å². The average molecular weight is 468 g/mol. The van der Waals surface area contributed by atoms with E-state index in [1.807, 2.05) is 0 Å². The Kier molecular flexibility index (Phi) is 7.57. The zero-order valence-corrected chi connectivity index (χ0v) is 16.8. The molecule has 2 rings (SSSR count). The first kappa shape index (κ1) is 19.9. The van der Waals surface area contributed by atoms with Gasteiger partial charge in [0.05, 0.1) is 15.9 Å². The first-order valence-electron chi connectivity index (χ1n) is 8.19. The molecule has 9 heteroatoms. The minimum atomic E-state index is -0.565. The van der Waals surface area contributed by atoms with Gasteiger partial charge in [-0.1, -0.05) is 6.92 Å². The maximum atomic E-state index is 11.7. The number of amides is 1. The molecule has 0 aliphatic carbocycles. The molecule has 0 fully saturated rings. The molecule has 0 unspecified atom stereocenters. The monoisotopic (exact) mass is 468 g/mol. The summed E-state index contributed by atoms with van der Waals surface area (Å²) in [6.45, 7) is 4.92. The second kappa shape index (κ2) is 9.90. The van der Waals surface area contributed by atoms with E-state index in [-0.39, 0.29) is 6.61 Å². The van der Waals surface area contributed by atoms with Gasteiger partial charge in [0.15, 0.2) is 0 Å². The van der Waals surface area contributed by atoms with E-state index in [1.54, 1.807) is 31.3 Å². The number of hydrogen-bond donors (Lipinski definition) is 4. The number of benzene rings is 1. The fraction of sp³-hybridized carbons (Fsp3) is 0.294. The van der Waals surface area contributed by atoms with Crippen molar-refractivity contribution >= 4 is 58.0 Å². The van der Waals surface area contributed by atoms with Crippen LogP contribution in [0.2, 0.25) is 0 Å². The zero-order valence-electron chi connectivity index (χ0n) is 14.6. The maximum Gasteiger partial charge on any atom is 0.411 e. The van der Waals surface area contributed by atoms with Gasteiger partial charge in [-0.05, 0) is 54.1 Å². The second-order valence-electron chi connectivity index (χ2n) is 5.23. The van der Waals surface area contributed by atoms with E-state index < -0.39 is 6.09 Å². The number of ether oxygens (including phenoxy) is 1. The fourth-order valence-corrected chi connectivity index (χ4v) is 2.52. The molecule has 0 bridgehead atoms. The summed E-state index contributed by atoms with van der Waals surface area (Å²) in [5.74, 6) is 1.21. The molecule has 138 valence electrons. The summed E-state index contributed by atoms with van der Waals surface area (Å²) in [6, 6.07) is 5.22. The number of halogens is 1. The van der Waals surface area contributed by atoms with Crippen molar-refractivity contribution in [3.8, 4) is 0 Å². The van der Waals surface area contributed by atoms with Crippen molar-refractivity contribution in [2.45, 2.75) is 20.3 Å². The van der Waals surface area contributed by atoms with E-state index in [2.05, 4.69) is 55.4 Å². The number of rotatable bonds is 8. The first-order chi connectivity index (χ1) is 12.6. The van der Waals surface area contributed by atoms with Crippen LogP contribution < -0.4 is 16.0 Å². The quantitative estimate of drug-likeness (QED) is 0.341. The van der Waals surface area contributed by atoms with Crippen LogP contribution in [0.4, 0.5) is 27.9 Å². The first-order valence-corrected chi connectivity index (χ1v) is 9.27. The highest BCUT2D eigenvalue weighted by molar-refractivity contribution is 14.1. The number of nitrogens with one attached hydrogen (secondary N) is 4. The Bertz CT molecular complexity index is 784. The summed E-state index contributed by atoms with van der Waals surface area (Å²) < 4.78 is 5.83. The number of anilines is 4. The third-order valence-corrected chi connectivity index (χ3v) is 4.05. The van der Waals surface area contributed by atoms with E-state index >= 15 is 0 Å². The third-order valence-electron chi connectivity index (χ3n) is 3.26. The van der Waals surface area contributed by atoms with Crippen LogP contribution in [0.3, 0.4) is 0 Å². The highest BCUT2D eigenvalue weighted by Gasteiger charge is 2.09. The molecule has 26 heavy (non-hydrogen) atoms. The van der Waals surface area contributed by atoms with Crippen LogP contribution in [0.15, 0.2) is 24.4 Å². The number of nitrogens with zero attached hydrogens (tertiary/aromatic N) is 2. The van der Waals surface area contributed by atoms with Gasteiger partial charge >= 0.3 is 6.09 Å². The lowest BCUT2D eigenvalue weighted by Gasteiger charge is -2.12. The smallest absolute Gasteiger partial charge is 0.411 e. The van der Waals surface area contributed by atoms with Crippen molar-refractivity contribution < 1.29 is 9.53 Å². The van der Waals surface area contributed by atoms with Crippen molar-refractivity contribution in [3.63, 3.8) is 0 Å². The minimum Gasteiger partial charge on any atom is -0.450 e. The average Bonchev–Trinajstić information content (AvgIpc) is 2.62. The SMILES string of the molecule is CCCNc1nc(Nc2ccc(C=N)c(NC(=O)OCC)c2)ncc1I. The summed E-state index contributed by atoms with van der Waals surface area (Å²) in [4.78, 5) is 20.4. The molecule has 0 aliphatic rings. The summed E-state index contributed by atoms with van der Waals surface area (Å²) >= 11 is 2.18. The van der Waals surface area contributed by atoms with E-state index in [1.165, 1.54) is 6.21 Å². The molecule has 8 nitrogen and oxygen atoms in total. The van der Waals surface area contributed by atoms with Crippen LogP contribution in [0, 0.1) is 8.98 Å². The Morgan fingerprint density at radius 1 is 1.38 bits per heavy atom. The molecule has 0 atom stereocenters. The molecule has 0 saturated carbocycles. The van der Waals surface area contributed by atoms with E-state index in [9.17, 15) is 4.79 Å². The summed E-state index contributed by atoms with van der Waals surface area (Å²) in [5.41, 5.74) is 1.72. The van der Waals surface area contributed by atoms with E-state index in [4.69, 9.17) is 10.1 Å². The van der Waals surface area contributed by atoms with Crippen molar-refractivity contribution in [1.82, 2.24) is 9.97 Å². The van der Waals surface area contributed by atoms with Crippen LogP contribution in [-0.4, -0.2) is 35.4 Å². The van der Waals surface area contributed by atoms with Crippen molar-refractivity contribution in [2.24, 2.45) is 0 Å². The molecule has 0 radical (unpaired) electrons. The largest absolute Gasteiger partial charge is 0.450 e. The van der Waals surface area contributed by atoms with Gasteiger partial charge in [0.25, 0.3) is 0 Å². The molecule has 0 spiro atoms. The molecule has 1 aromatic carbocycles. The van der Waals surface area contributed by atoms with Gasteiger partial charge in [-0.25, -0.2) is 9.78 Å². The molecular formula is C17H21IN6O2. The second-order valence-corrected chi connectivity index (χ2v) is 6.40. The molecule has 1 amide bonds. The Morgan fingerprint density at radius 3 is 2.88 bits per heavy atom. The van der Waals surface area contributed by atoms with E-state index in [0.29, 0.717) is 22.9 Å². The number of hydrogen-bond acceptors (Lipinski definition) is 7. The highest BCUT2D eigenvalue weighted by atomic mass is 127. The third kappa shape index (κ3) is 5.55. The van der Waals surface area contributed by atoms with Gasteiger partial charge in [0, 0.05) is 30.2 Å². The Balaban J connectivity index is 2.21. The lowest BCUT2D eigenvalue weighted by Crippen LogP contribution is -2.14. The molecule has 4 N–H and O–H groups in total. The summed E-state index contributed by atoms with van der Waals surface area (Å²) in [7, 11) is 0. The van der Waals surface area contributed by atoms with Crippen molar-refractivity contribution in [1.29, 1.82) is 5.41 Å². The van der Waals surface area contributed by atoms with Crippen molar-refractivity contribution in [2.75, 3.05) is 29.1 Å². The van der Waals surface area contributed by atoms with Crippen LogP contribution in [0.1, 0.15) is 25.8 Å². The summed E-state index contributed by atoms with van der Waals surface area (Å²) in [6.07, 6.45) is 3.33. The normalized spacial score (nSPS) is 10.1. The van der Waals surface area contributed by atoms with Gasteiger partial charge in [-0.3, -0.25) is 5.32 Å². The predicted octanol–water partition coefficient (Wildman–Crippen LogP) is 4.21. The Hall–Kier alpha value is -2.43. The van der Waals surface area contributed by atoms with E-state index in [0.717, 1.165) is 22.4 Å². The van der Waals surface area contributed by atoms with Gasteiger partial charge in [-0.15, -0.1) is 0 Å². The molecule has 2 aromatic rings. The van der Waals surface area contributed by atoms with Crippen LogP contribution >= 0.6 is 22.6 Å². The lowest BCUT2D eigenvalue weighted by molar-refractivity contribution is 0.168. The fourth-order valence-electron chi connectivity index (χ4n) is 2.07. The number of carbonyl (C=O) groups excluding carboxylic acids is 1. The molecule has 1 aromatic heterocycles. The topological polar surface area (TPSA) is 112 Å². The van der Waals surface area contributed by atoms with Crippen LogP contribution in [-0.2, 0) is 4.74 Å². The minimum absolute atomic E-state index is 0.272.